The van der Waals surface area contributed by atoms with Crippen molar-refractivity contribution in [3.8, 4) is 0 Å². The average molecular weight is 1060 g/mol. The van der Waals surface area contributed by atoms with Gasteiger partial charge in [0.1, 0.15) is 47.5 Å². The lowest BCUT2D eigenvalue weighted by Crippen LogP contribution is -2.60. The van der Waals surface area contributed by atoms with Gasteiger partial charge in [0.15, 0.2) is 0 Å². The van der Waals surface area contributed by atoms with Gasteiger partial charge in [0, 0.05) is 19.7 Å². The van der Waals surface area contributed by atoms with Gasteiger partial charge >= 0.3 is 11.9 Å². The smallest absolute Gasteiger partial charge is 0.329 e. The van der Waals surface area contributed by atoms with Crippen molar-refractivity contribution in [1.82, 2.24) is 20.4 Å². The van der Waals surface area contributed by atoms with Crippen LogP contribution in [0.15, 0.2) is 35.3 Å². The van der Waals surface area contributed by atoms with E-state index in [1.54, 1.807) is 9.80 Å². The minimum absolute atomic E-state index is 0.0551. The van der Waals surface area contributed by atoms with Crippen LogP contribution in [0.1, 0.15) is 191 Å². The summed E-state index contributed by atoms with van der Waals surface area (Å²) in [7, 11) is 0. The molecule has 4 amide bonds. The van der Waals surface area contributed by atoms with Gasteiger partial charge in [0.25, 0.3) is 0 Å². The maximum absolute atomic E-state index is 14.3. The van der Waals surface area contributed by atoms with Crippen molar-refractivity contribution < 1.29 is 48.1 Å². The largest absolute Gasteiger partial charge is 0.596 e. The van der Waals surface area contributed by atoms with Crippen LogP contribution in [-0.4, -0.2) is 112 Å². The summed E-state index contributed by atoms with van der Waals surface area (Å²) in [4.78, 5) is 89.5. The summed E-state index contributed by atoms with van der Waals surface area (Å²) in [6.07, 6.45) is 15.0. The highest BCUT2D eigenvalue weighted by atomic mass is 16.6. The predicted octanol–water partition coefficient (Wildman–Crippen LogP) is 7.76. The first-order valence-corrected chi connectivity index (χ1v) is 28.9. The Balaban J connectivity index is 0.000000255. The Labute approximate surface area is 454 Å². The molecule has 16 nitrogen and oxygen atoms in total. The predicted molar refractivity (Wildman–Crippen MR) is 291 cm³/mol. The number of nitrogens with zero attached hydrogens (tertiary/aromatic N) is 3. The minimum Gasteiger partial charge on any atom is -0.596 e. The molecule has 2 heterocycles. The normalized spacial score (nSPS) is 26.2. The number of nitrogens with two attached hydrogens (primary N) is 1. The van der Waals surface area contributed by atoms with Crippen LogP contribution in [0.5, 0.6) is 0 Å². The lowest BCUT2D eigenvalue weighted by atomic mass is 9.82. The zero-order chi connectivity index (χ0) is 55.9. The van der Waals surface area contributed by atoms with Crippen LogP contribution >= 0.6 is 0 Å². The number of carbonyl (C=O) groups excluding carboxylic acids is 6. The number of hydrogen-bond donors (Lipinski definition) is 3. The first kappa shape index (κ1) is 60.5. The third-order valence-corrected chi connectivity index (χ3v) is 16.7. The van der Waals surface area contributed by atoms with Gasteiger partial charge in [-0.2, -0.15) is 0 Å². The van der Waals surface area contributed by atoms with E-state index in [2.05, 4.69) is 15.6 Å². The topological polar surface area (TPSA) is 222 Å². The fourth-order valence-corrected chi connectivity index (χ4v) is 12.9. The number of fused-ring (bicyclic) bond motifs is 2. The first-order valence-electron chi connectivity index (χ1n) is 28.9. The highest BCUT2D eigenvalue weighted by Gasteiger charge is 2.55. The summed E-state index contributed by atoms with van der Waals surface area (Å²) in [5.74, 6) is -1.14. The Morgan fingerprint density at radius 3 is 1.43 bits per heavy atom. The summed E-state index contributed by atoms with van der Waals surface area (Å²) in [5, 5.41) is 18.8. The summed E-state index contributed by atoms with van der Waals surface area (Å²) in [6, 6.07) is 4.84. The molecule has 16 heteroatoms. The zero-order valence-corrected chi connectivity index (χ0v) is 48.3. The summed E-state index contributed by atoms with van der Waals surface area (Å²) in [5.41, 5.74) is 4.71. The van der Waals surface area contributed by atoms with Crippen LogP contribution in [0.25, 0.3) is 0 Å². The molecule has 4 saturated carbocycles. The van der Waals surface area contributed by atoms with Crippen molar-refractivity contribution in [2.75, 3.05) is 13.1 Å². The van der Waals surface area contributed by atoms with Gasteiger partial charge in [-0.25, -0.2) is 9.59 Å². The number of aliphatic imine (C=N–C) groups is 1. The van der Waals surface area contributed by atoms with Crippen molar-refractivity contribution in [3.05, 3.63) is 35.9 Å². The van der Waals surface area contributed by atoms with E-state index in [4.69, 9.17) is 19.9 Å². The van der Waals surface area contributed by atoms with E-state index in [0.29, 0.717) is 19.0 Å². The maximum atomic E-state index is 14.3. The van der Waals surface area contributed by atoms with Crippen molar-refractivity contribution >= 4 is 41.7 Å². The number of hydrogen-bond acceptors (Lipinski definition) is 12. The van der Waals surface area contributed by atoms with E-state index in [1.165, 1.54) is 6.42 Å². The van der Waals surface area contributed by atoms with Crippen LogP contribution in [0.2, 0.25) is 0 Å². The van der Waals surface area contributed by atoms with Crippen molar-refractivity contribution in [1.29, 1.82) is 0 Å². The molecule has 2 saturated heterocycles. The Bertz CT molecular complexity index is 2180. The number of amides is 4. The number of rotatable bonds is 13. The molecule has 6 fully saturated rings. The van der Waals surface area contributed by atoms with Gasteiger partial charge in [-0.3, -0.25) is 24.2 Å². The van der Waals surface area contributed by atoms with E-state index < -0.39 is 70.3 Å². The van der Waals surface area contributed by atoms with Crippen molar-refractivity contribution in [3.63, 3.8) is 0 Å². The Hall–Kier alpha value is -4.73. The Morgan fingerprint density at radius 1 is 0.592 bits per heavy atom. The second-order valence-electron chi connectivity index (χ2n) is 27.2. The highest BCUT2D eigenvalue weighted by molar-refractivity contribution is 5.95. The van der Waals surface area contributed by atoms with Gasteiger partial charge in [0.05, 0.1) is 6.04 Å². The van der Waals surface area contributed by atoms with Crippen LogP contribution in [0.3, 0.4) is 0 Å². The van der Waals surface area contributed by atoms with Crippen LogP contribution in [-0.2, 0) is 49.6 Å². The second kappa shape index (κ2) is 25.4. The molecular formula is C60H95N6O10-. The van der Waals surface area contributed by atoms with Crippen LogP contribution in [0, 0.1) is 46.3 Å². The molecular weight excluding hydrogens is 965 g/mol. The fraction of sp³-hybridized carbons (Fsp3) is 0.783. The Morgan fingerprint density at radius 2 is 1.01 bits per heavy atom. The molecule has 426 valence electrons. The molecule has 2 aliphatic heterocycles. The Kier molecular flexibility index (Phi) is 20.2. The molecule has 7 rings (SSSR count). The molecule has 0 bridgehead atoms. The zero-order valence-electron chi connectivity index (χ0n) is 48.3. The number of benzene rings is 1. The first-order chi connectivity index (χ1) is 35.5. The summed E-state index contributed by atoms with van der Waals surface area (Å²) >= 11 is 0. The molecule has 10 atom stereocenters. The number of nitrogens with one attached hydrogen (secondary N) is 2. The number of carbonyl (C=O) groups is 6. The third kappa shape index (κ3) is 16.0. The molecule has 0 aromatic heterocycles. The fourth-order valence-electron chi connectivity index (χ4n) is 12.9. The molecule has 4 aliphatic carbocycles. The van der Waals surface area contributed by atoms with Gasteiger partial charge in [-0.1, -0.05) is 123 Å². The highest BCUT2D eigenvalue weighted by Crippen LogP contribution is 2.45. The minimum atomic E-state index is -0.958. The molecule has 1 aromatic rings. The van der Waals surface area contributed by atoms with E-state index in [-0.39, 0.29) is 65.9 Å². The second-order valence-corrected chi connectivity index (χ2v) is 27.2. The number of esters is 2. The van der Waals surface area contributed by atoms with E-state index >= 15 is 0 Å². The van der Waals surface area contributed by atoms with Crippen molar-refractivity contribution in [2.45, 2.75) is 240 Å². The summed E-state index contributed by atoms with van der Waals surface area (Å²) in [6.45, 7) is 23.7. The molecule has 0 unspecified atom stereocenters. The molecule has 4 N–H and O–H groups in total. The molecule has 76 heavy (non-hydrogen) atoms. The summed E-state index contributed by atoms with van der Waals surface area (Å²) < 4.78 is 16.9. The number of ether oxygens (including phenoxy) is 3. The van der Waals surface area contributed by atoms with Gasteiger partial charge in [-0.05, 0) is 145 Å². The van der Waals surface area contributed by atoms with Gasteiger partial charge < -0.3 is 45.5 Å². The van der Waals surface area contributed by atoms with E-state index in [1.807, 2.05) is 113 Å². The monoisotopic (exact) mass is 1060 g/mol. The molecule has 6 aliphatic rings. The van der Waals surface area contributed by atoms with E-state index in [9.17, 15) is 33.9 Å². The molecule has 0 radical (unpaired) electrons. The number of likely N-dealkylation sites (tertiary alicyclic amines) is 2. The third-order valence-electron chi connectivity index (χ3n) is 16.7. The van der Waals surface area contributed by atoms with Crippen molar-refractivity contribution in [2.24, 2.45) is 57.1 Å². The lowest BCUT2D eigenvalue weighted by Gasteiger charge is -2.38. The van der Waals surface area contributed by atoms with Gasteiger partial charge in [-0.15, -0.1) is 0 Å². The molecule has 1 aromatic carbocycles. The van der Waals surface area contributed by atoms with E-state index in [0.717, 1.165) is 102 Å². The maximum Gasteiger partial charge on any atom is 0.329 e. The SMILES string of the molecule is CC(C)(C)OC(=O)[C@@H]1[C@H]2CCC[C@H]2CN1C(=O)[C@@H](NC(=O)[C@@H](N)C1CCCCC1)C(C)(C)C.CC(C)(C)OC(=O)[C@@H]1[C@H]2CCC[C@H]2CN1C(=O)[C@@H](NC(=O)[C@@H](N=C([O-])OCc1ccccc1)C1CCCCC1)C(C)(C)C. The van der Waals surface area contributed by atoms with Crippen LogP contribution in [0.4, 0.5) is 0 Å². The standard InChI is InChI=1S/C34H51N3O6.C26H45N3O4/c1-33(2,3)28(30(39)37-20-24-18-13-19-25(24)27(37)31(40)43-34(4,5)6)36-29(38)26(23-16-11-8-12-17-23)35-32(41)42-21-22-14-9-7-10-15-22;1-25(2,3)21(28-22(30)19(27)16-11-8-7-9-12-16)23(31)29-15-17-13-10-14-18(17)20(29)24(32)33-26(4,5)6/h7,9-10,14-15,23-28H,8,11-13,16-21H2,1-6H3,(H,35,41)(H,36,38);16-21H,7-15,27H2,1-6H3,(H,28,30)/p-1/t24-,25-,26-,27-,28+;17-,18-,19-,20-,21+/m00/s1. The molecule has 0 spiro atoms. The van der Waals surface area contributed by atoms with Crippen LogP contribution < -0.4 is 21.5 Å². The van der Waals surface area contributed by atoms with Gasteiger partial charge in [0.2, 0.25) is 23.6 Å². The quantitative estimate of drug-likeness (QED) is 0.0984. The average Bonchev–Trinajstić information content (AvgIpc) is 4.15. The lowest BCUT2D eigenvalue weighted by molar-refractivity contribution is -0.252.